The second kappa shape index (κ2) is 6.81. The van der Waals surface area contributed by atoms with E-state index in [9.17, 15) is 9.18 Å². The predicted molar refractivity (Wildman–Crippen MR) is 102 cm³/mol. The van der Waals surface area contributed by atoms with E-state index >= 15 is 0 Å². The first kappa shape index (κ1) is 17.2. The lowest BCUT2D eigenvalue weighted by Gasteiger charge is -2.07. The van der Waals surface area contributed by atoms with Crippen molar-refractivity contribution in [1.82, 2.24) is 14.8 Å². The van der Waals surface area contributed by atoms with Crippen LogP contribution in [0, 0.1) is 12.7 Å². The first-order chi connectivity index (χ1) is 13.0. The van der Waals surface area contributed by atoms with E-state index in [-0.39, 0.29) is 5.56 Å². The first-order valence-electron chi connectivity index (χ1n) is 8.12. The van der Waals surface area contributed by atoms with E-state index in [0.717, 1.165) is 16.0 Å². The number of halogens is 1. The average Bonchev–Trinajstić information content (AvgIpc) is 3.24. The number of hydrogen-bond acceptors (Lipinski definition) is 5. The highest BCUT2D eigenvalue weighted by Gasteiger charge is 2.17. The van der Waals surface area contributed by atoms with Gasteiger partial charge < -0.3 is 10.1 Å². The molecule has 2 aromatic carbocycles. The van der Waals surface area contributed by atoms with Crippen molar-refractivity contribution in [2.24, 2.45) is 0 Å². The molecule has 2 aromatic heterocycles. The third-order valence-corrected chi connectivity index (χ3v) is 4.95. The number of hydrogen-bond donors (Lipinski definition) is 1. The third-order valence-electron chi connectivity index (χ3n) is 3.96. The summed E-state index contributed by atoms with van der Waals surface area (Å²) in [6.07, 6.45) is 0. The summed E-state index contributed by atoms with van der Waals surface area (Å²) in [6, 6.07) is 13.1. The van der Waals surface area contributed by atoms with Gasteiger partial charge >= 0.3 is 0 Å². The number of carbonyl (C=O) groups is 1. The molecule has 136 valence electrons. The molecule has 0 saturated carbocycles. The molecule has 0 saturated heterocycles. The van der Waals surface area contributed by atoms with Crippen LogP contribution in [0.1, 0.15) is 16.1 Å². The molecule has 0 atom stereocenters. The molecule has 0 spiro atoms. The minimum Gasteiger partial charge on any atom is -0.497 e. The van der Waals surface area contributed by atoms with Gasteiger partial charge in [0.05, 0.1) is 28.6 Å². The highest BCUT2D eigenvalue weighted by atomic mass is 32.1. The van der Waals surface area contributed by atoms with Gasteiger partial charge in [-0.15, -0.1) is 0 Å². The summed E-state index contributed by atoms with van der Waals surface area (Å²) in [4.78, 5) is 17.0. The van der Waals surface area contributed by atoms with Gasteiger partial charge in [0.1, 0.15) is 17.4 Å². The van der Waals surface area contributed by atoms with Crippen molar-refractivity contribution in [3.05, 3.63) is 65.6 Å². The van der Waals surface area contributed by atoms with E-state index < -0.39 is 11.7 Å². The molecule has 4 aromatic rings. The quantitative estimate of drug-likeness (QED) is 0.575. The van der Waals surface area contributed by atoms with Crippen molar-refractivity contribution in [2.75, 3.05) is 12.4 Å². The number of methoxy groups -OCH3 is 1. The zero-order chi connectivity index (χ0) is 19.0. The van der Waals surface area contributed by atoms with Crippen molar-refractivity contribution >= 4 is 33.3 Å². The van der Waals surface area contributed by atoms with Gasteiger partial charge in [0, 0.05) is 6.07 Å². The summed E-state index contributed by atoms with van der Waals surface area (Å²) in [7, 11) is 1.61. The number of nitrogens with one attached hydrogen (secondary N) is 1. The SMILES string of the molecule is COc1ccc2nc(-n3nc(C)cc3NC(=O)c3ccccc3F)sc2c1. The summed E-state index contributed by atoms with van der Waals surface area (Å²) >= 11 is 1.42. The lowest BCUT2D eigenvalue weighted by molar-refractivity contribution is 0.102. The molecule has 0 radical (unpaired) electrons. The Morgan fingerprint density at radius 1 is 1.22 bits per heavy atom. The van der Waals surface area contributed by atoms with Crippen molar-refractivity contribution in [3.8, 4) is 10.9 Å². The fourth-order valence-electron chi connectivity index (χ4n) is 2.67. The van der Waals surface area contributed by atoms with Gasteiger partial charge in [0.2, 0.25) is 5.13 Å². The van der Waals surface area contributed by atoms with Crippen molar-refractivity contribution < 1.29 is 13.9 Å². The van der Waals surface area contributed by atoms with Crippen LogP contribution < -0.4 is 10.1 Å². The number of thiazole rings is 1. The normalized spacial score (nSPS) is 10.9. The highest BCUT2D eigenvalue weighted by molar-refractivity contribution is 7.20. The topological polar surface area (TPSA) is 69.0 Å². The minimum absolute atomic E-state index is 0.0306. The molecule has 2 heterocycles. The standard InChI is InChI=1S/C19H15FN4O2S/c1-11-9-17(22-18(25)13-5-3-4-6-14(13)20)24(23-11)19-21-15-8-7-12(26-2)10-16(15)27-19/h3-10H,1-2H3,(H,22,25). The lowest BCUT2D eigenvalue weighted by Crippen LogP contribution is -2.16. The maximum atomic E-state index is 13.9. The number of nitrogens with zero attached hydrogens (tertiary/aromatic N) is 3. The average molecular weight is 382 g/mol. The van der Waals surface area contributed by atoms with Crippen LogP contribution in [0.4, 0.5) is 10.2 Å². The molecular formula is C19H15FN4O2S. The van der Waals surface area contributed by atoms with E-state index in [2.05, 4.69) is 15.4 Å². The van der Waals surface area contributed by atoms with E-state index in [1.54, 1.807) is 23.9 Å². The molecule has 1 N–H and O–H groups in total. The number of amides is 1. The zero-order valence-corrected chi connectivity index (χ0v) is 15.4. The van der Waals surface area contributed by atoms with Gasteiger partial charge in [-0.2, -0.15) is 9.78 Å². The van der Waals surface area contributed by atoms with Gasteiger partial charge in [0.15, 0.2) is 0 Å². The molecule has 0 unspecified atom stereocenters. The molecule has 0 aliphatic carbocycles. The summed E-state index contributed by atoms with van der Waals surface area (Å²) < 4.78 is 21.6. The largest absolute Gasteiger partial charge is 0.497 e. The number of rotatable bonds is 4. The summed E-state index contributed by atoms with van der Waals surface area (Å²) in [5, 5.41) is 7.72. The number of carbonyl (C=O) groups excluding carboxylic acids is 1. The lowest BCUT2D eigenvalue weighted by atomic mass is 10.2. The smallest absolute Gasteiger partial charge is 0.259 e. The molecule has 0 fully saturated rings. The third kappa shape index (κ3) is 3.26. The summed E-state index contributed by atoms with van der Waals surface area (Å²) in [5.74, 6) is 0.0381. The Labute approximate surface area is 158 Å². The summed E-state index contributed by atoms with van der Waals surface area (Å²) in [6.45, 7) is 1.81. The van der Waals surface area contributed by atoms with Crippen LogP contribution in [0.25, 0.3) is 15.3 Å². The van der Waals surface area contributed by atoms with Gasteiger partial charge in [-0.1, -0.05) is 23.5 Å². The van der Waals surface area contributed by atoms with Crippen molar-refractivity contribution in [3.63, 3.8) is 0 Å². The minimum atomic E-state index is -0.579. The number of fused-ring (bicyclic) bond motifs is 1. The van der Waals surface area contributed by atoms with Crippen LogP contribution >= 0.6 is 11.3 Å². The fourth-order valence-corrected chi connectivity index (χ4v) is 3.63. The van der Waals surface area contributed by atoms with Gasteiger partial charge in [0.25, 0.3) is 5.91 Å². The Bertz CT molecular complexity index is 1150. The molecule has 4 rings (SSSR count). The van der Waals surface area contributed by atoms with Crippen LogP contribution in [0.5, 0.6) is 5.75 Å². The molecule has 0 aliphatic heterocycles. The van der Waals surface area contributed by atoms with Gasteiger partial charge in [-0.05, 0) is 37.3 Å². The molecule has 0 aliphatic rings. The van der Waals surface area contributed by atoms with E-state index in [0.29, 0.717) is 16.6 Å². The Morgan fingerprint density at radius 2 is 2.04 bits per heavy atom. The number of benzene rings is 2. The van der Waals surface area contributed by atoms with Crippen molar-refractivity contribution in [1.29, 1.82) is 0 Å². The van der Waals surface area contributed by atoms with E-state index in [4.69, 9.17) is 4.74 Å². The van der Waals surface area contributed by atoms with Crippen LogP contribution in [0.3, 0.4) is 0 Å². The number of ether oxygens (including phenoxy) is 1. The Hall–Kier alpha value is -3.26. The van der Waals surface area contributed by atoms with E-state index in [1.807, 2.05) is 25.1 Å². The Morgan fingerprint density at radius 3 is 2.81 bits per heavy atom. The summed E-state index contributed by atoms with van der Waals surface area (Å²) in [5.41, 5.74) is 1.47. The van der Waals surface area contributed by atoms with Crippen molar-refractivity contribution in [2.45, 2.75) is 6.92 Å². The van der Waals surface area contributed by atoms with Crippen LogP contribution in [-0.2, 0) is 0 Å². The molecule has 8 heteroatoms. The Balaban J connectivity index is 1.71. The van der Waals surface area contributed by atoms with Crippen LogP contribution in [0.15, 0.2) is 48.5 Å². The second-order valence-corrected chi connectivity index (χ2v) is 6.86. The molecule has 1 amide bonds. The molecule has 0 bridgehead atoms. The molecular weight excluding hydrogens is 367 g/mol. The monoisotopic (exact) mass is 382 g/mol. The first-order valence-corrected chi connectivity index (χ1v) is 8.94. The maximum Gasteiger partial charge on any atom is 0.259 e. The van der Waals surface area contributed by atoms with E-state index in [1.165, 1.54) is 29.5 Å². The zero-order valence-electron chi connectivity index (χ0n) is 14.6. The number of aryl methyl sites for hydroxylation is 1. The number of anilines is 1. The van der Waals surface area contributed by atoms with Gasteiger partial charge in [-0.25, -0.2) is 9.37 Å². The Kier molecular flexibility index (Phi) is 4.33. The van der Waals surface area contributed by atoms with Crippen LogP contribution in [0.2, 0.25) is 0 Å². The maximum absolute atomic E-state index is 13.9. The fraction of sp³-hybridized carbons (Fsp3) is 0.105. The predicted octanol–water partition coefficient (Wildman–Crippen LogP) is 4.19. The van der Waals surface area contributed by atoms with Crippen LogP contribution in [-0.4, -0.2) is 27.8 Å². The molecule has 27 heavy (non-hydrogen) atoms. The highest BCUT2D eigenvalue weighted by Crippen LogP contribution is 2.30. The van der Waals surface area contributed by atoms with Gasteiger partial charge in [-0.3, -0.25) is 4.79 Å². The number of aromatic nitrogens is 3. The molecule has 6 nitrogen and oxygen atoms in total. The second-order valence-electron chi connectivity index (χ2n) is 5.85.